The van der Waals surface area contributed by atoms with Gasteiger partial charge in [0.25, 0.3) is 0 Å². The lowest BCUT2D eigenvalue weighted by Gasteiger charge is -2.27. The van der Waals surface area contributed by atoms with Crippen LogP contribution in [-0.4, -0.2) is 47.9 Å². The van der Waals surface area contributed by atoms with Gasteiger partial charge in [-0.25, -0.2) is 4.79 Å². The highest BCUT2D eigenvalue weighted by molar-refractivity contribution is 5.94. The van der Waals surface area contributed by atoms with Crippen LogP contribution in [0.3, 0.4) is 0 Å². The van der Waals surface area contributed by atoms with Gasteiger partial charge in [-0.2, -0.15) is 5.26 Å². The second-order valence-electron chi connectivity index (χ2n) is 10.4. The Balaban J connectivity index is 1.90. The number of amides is 3. The van der Waals surface area contributed by atoms with Crippen molar-refractivity contribution in [1.29, 1.82) is 5.26 Å². The lowest BCUT2D eigenvalue weighted by Crippen LogP contribution is -2.55. The van der Waals surface area contributed by atoms with Gasteiger partial charge in [-0.3, -0.25) is 14.4 Å². The Bertz CT molecular complexity index is 1210. The number of rotatable bonds is 8. The molecule has 212 valence electrons. The molecular weight excluding hydrogens is 508 g/mol. The van der Waals surface area contributed by atoms with E-state index < -0.39 is 47.9 Å². The van der Waals surface area contributed by atoms with Crippen molar-refractivity contribution in [3.8, 4) is 6.07 Å². The average Bonchev–Trinajstić information content (AvgIpc) is 2.95. The van der Waals surface area contributed by atoms with Crippen molar-refractivity contribution in [3.05, 3.63) is 71.3 Å². The molecular formula is C31H38N4O5. The Hall–Kier alpha value is -4.19. The largest absolute Gasteiger partial charge is 0.460 e. The average molecular weight is 547 g/mol. The lowest BCUT2D eigenvalue weighted by molar-refractivity contribution is -0.157. The van der Waals surface area contributed by atoms with E-state index in [9.17, 15) is 19.2 Å². The van der Waals surface area contributed by atoms with Crippen LogP contribution in [0.5, 0.6) is 0 Å². The van der Waals surface area contributed by atoms with Gasteiger partial charge in [-0.1, -0.05) is 69.2 Å². The molecule has 0 bridgehead atoms. The predicted molar refractivity (Wildman–Crippen MR) is 150 cm³/mol. The molecule has 1 fully saturated rings. The number of nitriles is 1. The van der Waals surface area contributed by atoms with Crippen LogP contribution in [0.4, 0.5) is 0 Å². The molecule has 0 radical (unpaired) electrons. The standard InChI is InChI=1S/C31H38N4O5/c1-4-5-9-20(2)27-18-28(36)34-25(16-23-12-14-24(19-32)15-13-23)30(38)33-21(3)29(37)35-26(31(39)40-27)17-22-10-7-6-8-11-22/h6-8,10-15,20-21,25-27H,4-5,9,16-18H2,1-3H3,(H,33,38)(H,34,36)(H,35,37)/t20-,21-,25-,26+,27-/m0/s1. The van der Waals surface area contributed by atoms with Gasteiger partial charge in [0, 0.05) is 12.8 Å². The Morgan fingerprint density at radius 2 is 1.55 bits per heavy atom. The van der Waals surface area contributed by atoms with Crippen LogP contribution in [0.1, 0.15) is 63.1 Å². The van der Waals surface area contributed by atoms with Crippen LogP contribution >= 0.6 is 0 Å². The Labute approximate surface area is 235 Å². The van der Waals surface area contributed by atoms with Crippen molar-refractivity contribution in [1.82, 2.24) is 16.0 Å². The first-order valence-electron chi connectivity index (χ1n) is 13.8. The van der Waals surface area contributed by atoms with E-state index in [1.807, 2.05) is 37.3 Å². The summed E-state index contributed by atoms with van der Waals surface area (Å²) >= 11 is 0. The maximum Gasteiger partial charge on any atom is 0.329 e. The zero-order chi connectivity index (χ0) is 29.1. The number of ether oxygens (including phenoxy) is 1. The van der Waals surface area contributed by atoms with Gasteiger partial charge in [-0.05, 0) is 42.5 Å². The summed E-state index contributed by atoms with van der Waals surface area (Å²) in [6.07, 6.45) is 2.13. The van der Waals surface area contributed by atoms with E-state index in [4.69, 9.17) is 10.00 Å². The lowest BCUT2D eigenvalue weighted by atomic mass is 9.95. The number of carbonyl (C=O) groups excluding carboxylic acids is 4. The Morgan fingerprint density at radius 3 is 2.20 bits per heavy atom. The quantitative estimate of drug-likeness (QED) is 0.436. The molecule has 0 aromatic heterocycles. The van der Waals surface area contributed by atoms with Gasteiger partial charge < -0.3 is 20.7 Å². The van der Waals surface area contributed by atoms with E-state index >= 15 is 0 Å². The highest BCUT2D eigenvalue weighted by atomic mass is 16.5. The first-order chi connectivity index (χ1) is 19.2. The third-order valence-corrected chi connectivity index (χ3v) is 7.11. The Kier molecular flexibility index (Phi) is 11.2. The topological polar surface area (TPSA) is 137 Å². The van der Waals surface area contributed by atoms with Crippen molar-refractivity contribution in [2.24, 2.45) is 5.92 Å². The molecule has 40 heavy (non-hydrogen) atoms. The third kappa shape index (κ3) is 8.94. The normalized spacial score (nSPS) is 23.1. The number of nitrogens with zero attached hydrogens (tertiary/aromatic N) is 1. The minimum atomic E-state index is -0.992. The molecule has 1 aliphatic rings. The van der Waals surface area contributed by atoms with Crippen LogP contribution in [0.25, 0.3) is 0 Å². The molecule has 9 heteroatoms. The summed E-state index contributed by atoms with van der Waals surface area (Å²) < 4.78 is 5.92. The van der Waals surface area contributed by atoms with Gasteiger partial charge in [0.1, 0.15) is 24.2 Å². The summed E-state index contributed by atoms with van der Waals surface area (Å²) in [7, 11) is 0. The van der Waals surface area contributed by atoms with E-state index in [2.05, 4.69) is 28.9 Å². The number of hydrogen-bond acceptors (Lipinski definition) is 6. The molecule has 3 N–H and O–H groups in total. The molecule has 0 unspecified atom stereocenters. The molecule has 0 aliphatic carbocycles. The number of esters is 1. The number of carbonyl (C=O) groups is 4. The second-order valence-corrected chi connectivity index (χ2v) is 10.4. The number of benzene rings is 2. The maximum atomic E-state index is 13.4. The van der Waals surface area contributed by atoms with Crippen molar-refractivity contribution >= 4 is 23.7 Å². The monoisotopic (exact) mass is 546 g/mol. The molecule has 0 saturated carbocycles. The van der Waals surface area contributed by atoms with E-state index in [1.54, 1.807) is 24.3 Å². The summed E-state index contributed by atoms with van der Waals surface area (Å²) in [6, 6.07) is 15.1. The zero-order valence-corrected chi connectivity index (χ0v) is 23.3. The van der Waals surface area contributed by atoms with Gasteiger partial charge in [-0.15, -0.1) is 0 Å². The minimum Gasteiger partial charge on any atom is -0.460 e. The molecule has 3 rings (SSSR count). The zero-order valence-electron chi connectivity index (χ0n) is 23.3. The van der Waals surface area contributed by atoms with Crippen LogP contribution < -0.4 is 16.0 Å². The first-order valence-corrected chi connectivity index (χ1v) is 13.8. The highest BCUT2D eigenvalue weighted by Crippen LogP contribution is 2.20. The molecule has 2 aromatic carbocycles. The van der Waals surface area contributed by atoms with E-state index in [0.717, 1.165) is 30.4 Å². The molecule has 1 heterocycles. The Morgan fingerprint density at radius 1 is 0.900 bits per heavy atom. The van der Waals surface area contributed by atoms with E-state index in [-0.39, 0.29) is 25.2 Å². The molecule has 3 amide bonds. The fraction of sp³-hybridized carbons (Fsp3) is 0.452. The van der Waals surface area contributed by atoms with Gasteiger partial charge in [0.15, 0.2) is 0 Å². The van der Waals surface area contributed by atoms with Crippen molar-refractivity contribution in [3.63, 3.8) is 0 Å². The molecule has 1 saturated heterocycles. The first kappa shape index (κ1) is 30.4. The smallest absolute Gasteiger partial charge is 0.329 e. The summed E-state index contributed by atoms with van der Waals surface area (Å²) in [5.74, 6) is -2.23. The second kappa shape index (κ2) is 14.8. The van der Waals surface area contributed by atoms with Gasteiger partial charge in [0.2, 0.25) is 17.7 Å². The molecule has 2 aromatic rings. The van der Waals surface area contributed by atoms with E-state index in [1.165, 1.54) is 6.92 Å². The number of nitrogens with one attached hydrogen (secondary N) is 3. The van der Waals surface area contributed by atoms with Crippen LogP contribution in [-0.2, 0) is 36.8 Å². The molecule has 9 nitrogen and oxygen atoms in total. The highest BCUT2D eigenvalue weighted by Gasteiger charge is 2.33. The van der Waals surface area contributed by atoms with Crippen LogP contribution in [0, 0.1) is 17.2 Å². The van der Waals surface area contributed by atoms with Gasteiger partial charge in [0.05, 0.1) is 18.1 Å². The summed E-state index contributed by atoms with van der Waals surface area (Å²) in [5, 5.41) is 17.3. The molecule has 1 aliphatic heterocycles. The number of hydrogen-bond donors (Lipinski definition) is 3. The van der Waals surface area contributed by atoms with Crippen molar-refractivity contribution in [2.45, 2.75) is 83.5 Å². The fourth-order valence-corrected chi connectivity index (χ4v) is 4.62. The van der Waals surface area contributed by atoms with E-state index in [0.29, 0.717) is 5.56 Å². The maximum absolute atomic E-state index is 13.4. The molecule has 0 spiro atoms. The minimum absolute atomic E-state index is 0.113. The van der Waals surface area contributed by atoms with Crippen molar-refractivity contribution < 1.29 is 23.9 Å². The summed E-state index contributed by atoms with van der Waals surface area (Å²) in [5.41, 5.74) is 2.05. The number of cyclic esters (lactones) is 1. The third-order valence-electron chi connectivity index (χ3n) is 7.11. The fourth-order valence-electron chi connectivity index (χ4n) is 4.62. The summed E-state index contributed by atoms with van der Waals surface area (Å²) in [4.78, 5) is 53.0. The van der Waals surface area contributed by atoms with Crippen LogP contribution in [0.2, 0.25) is 0 Å². The predicted octanol–water partition coefficient (Wildman–Crippen LogP) is 2.96. The van der Waals surface area contributed by atoms with Crippen LogP contribution in [0.15, 0.2) is 54.6 Å². The molecule has 5 atom stereocenters. The van der Waals surface area contributed by atoms with Crippen molar-refractivity contribution in [2.75, 3.05) is 0 Å². The summed E-state index contributed by atoms with van der Waals surface area (Å²) in [6.45, 7) is 5.52. The number of unbranched alkanes of at least 4 members (excludes halogenated alkanes) is 1. The van der Waals surface area contributed by atoms with Gasteiger partial charge >= 0.3 is 5.97 Å². The SMILES string of the molecule is CCCC[C@H](C)[C@@H]1CC(=O)N[C@@H](Cc2ccc(C#N)cc2)C(=O)N[C@@H](C)C(=O)N[C@H](Cc2ccccc2)C(=O)O1.